The number of nitrogens with one attached hydrogen (secondary N) is 2. The van der Waals surface area contributed by atoms with E-state index < -0.39 is 0 Å². The van der Waals surface area contributed by atoms with E-state index in [2.05, 4.69) is 22.8 Å². The molecule has 4 fully saturated rings. The topological polar surface area (TPSA) is 41.1 Å². The highest BCUT2D eigenvalue weighted by Crippen LogP contribution is 2.53. The molecule has 0 radical (unpaired) electrons. The number of carbonyl (C=O) groups is 1. The van der Waals surface area contributed by atoms with Gasteiger partial charge in [-0.1, -0.05) is 30.3 Å². The van der Waals surface area contributed by atoms with Gasteiger partial charge in [0.05, 0.1) is 6.04 Å². The quantitative estimate of drug-likeness (QED) is 0.874. The molecule has 22 heavy (non-hydrogen) atoms. The monoisotopic (exact) mass is 298 g/mol. The van der Waals surface area contributed by atoms with Gasteiger partial charge in [0.25, 0.3) is 0 Å². The zero-order valence-electron chi connectivity index (χ0n) is 13.3. The molecule has 2 amide bonds. The molecule has 0 heterocycles. The summed E-state index contributed by atoms with van der Waals surface area (Å²) in [6.45, 7) is 2.05. The first-order chi connectivity index (χ1) is 10.7. The van der Waals surface area contributed by atoms with E-state index in [9.17, 15) is 4.79 Å². The Balaban J connectivity index is 1.36. The van der Waals surface area contributed by atoms with E-state index >= 15 is 0 Å². The molecule has 3 nitrogen and oxygen atoms in total. The molecule has 1 aromatic carbocycles. The molecule has 2 N–H and O–H groups in total. The molecule has 118 valence electrons. The van der Waals surface area contributed by atoms with Crippen molar-refractivity contribution in [3.8, 4) is 0 Å². The molecule has 5 rings (SSSR count). The summed E-state index contributed by atoms with van der Waals surface area (Å²) in [5.41, 5.74) is 1.16. The maximum absolute atomic E-state index is 12.4. The van der Waals surface area contributed by atoms with Gasteiger partial charge in [0, 0.05) is 6.04 Å². The first-order valence-corrected chi connectivity index (χ1v) is 8.81. The van der Waals surface area contributed by atoms with Crippen molar-refractivity contribution in [1.29, 1.82) is 0 Å². The minimum Gasteiger partial charge on any atom is -0.335 e. The summed E-state index contributed by atoms with van der Waals surface area (Å²) in [5.74, 6) is 3.36. The van der Waals surface area contributed by atoms with Gasteiger partial charge in [-0.3, -0.25) is 0 Å². The van der Waals surface area contributed by atoms with Gasteiger partial charge in [-0.25, -0.2) is 4.79 Å². The Labute approximate surface area is 132 Å². The van der Waals surface area contributed by atoms with Crippen LogP contribution in [0.3, 0.4) is 0 Å². The summed E-state index contributed by atoms with van der Waals surface area (Å²) in [7, 11) is 0. The van der Waals surface area contributed by atoms with E-state index in [0.29, 0.717) is 6.04 Å². The second-order valence-corrected chi connectivity index (χ2v) is 7.71. The van der Waals surface area contributed by atoms with Gasteiger partial charge in [-0.2, -0.15) is 0 Å². The van der Waals surface area contributed by atoms with E-state index in [0.717, 1.165) is 29.2 Å². The fourth-order valence-corrected chi connectivity index (χ4v) is 5.38. The Hall–Kier alpha value is -1.51. The lowest BCUT2D eigenvalue weighted by atomic mass is 9.54. The standard InChI is InChI=1S/C19H26N2O/c1-12(15-5-3-2-4-6-15)20-19(22)21-18-16-8-13-7-14(10-16)11-17(18)9-13/h2-6,12-14,16-18H,7-11H2,1H3,(H2,20,21,22)/t12-,13?,14?,16?,17?,18?/m1/s1. The first kappa shape index (κ1) is 14.1. The number of urea groups is 1. The molecule has 0 aromatic heterocycles. The molecule has 3 heteroatoms. The summed E-state index contributed by atoms with van der Waals surface area (Å²) in [5, 5.41) is 6.42. The highest BCUT2D eigenvalue weighted by molar-refractivity contribution is 5.74. The predicted molar refractivity (Wildman–Crippen MR) is 87.4 cm³/mol. The minimum atomic E-state index is 0.00817. The predicted octanol–water partition coefficient (Wildman–Crippen LogP) is 3.87. The van der Waals surface area contributed by atoms with E-state index in [1.54, 1.807) is 0 Å². The van der Waals surface area contributed by atoms with Crippen LogP contribution in [0, 0.1) is 23.7 Å². The van der Waals surface area contributed by atoms with E-state index in [1.165, 1.54) is 32.1 Å². The molecule has 0 unspecified atom stereocenters. The number of benzene rings is 1. The van der Waals surface area contributed by atoms with Crippen LogP contribution >= 0.6 is 0 Å². The highest BCUT2D eigenvalue weighted by atomic mass is 16.2. The fourth-order valence-electron chi connectivity index (χ4n) is 5.38. The fraction of sp³-hybridized carbons (Fsp3) is 0.632. The Morgan fingerprint density at radius 1 is 1.00 bits per heavy atom. The Morgan fingerprint density at radius 2 is 1.59 bits per heavy atom. The van der Waals surface area contributed by atoms with Crippen LogP contribution in [-0.2, 0) is 0 Å². The van der Waals surface area contributed by atoms with Crippen molar-refractivity contribution in [2.75, 3.05) is 0 Å². The normalized spacial score (nSPS) is 36.9. The van der Waals surface area contributed by atoms with Gasteiger partial charge in [-0.15, -0.1) is 0 Å². The van der Waals surface area contributed by atoms with Gasteiger partial charge in [0.15, 0.2) is 0 Å². The van der Waals surface area contributed by atoms with Crippen molar-refractivity contribution in [2.24, 2.45) is 23.7 Å². The molecule has 1 aromatic rings. The third-order valence-electron chi connectivity index (χ3n) is 6.17. The van der Waals surface area contributed by atoms with Crippen LogP contribution < -0.4 is 10.6 Å². The lowest BCUT2D eigenvalue weighted by molar-refractivity contribution is -0.00950. The molecule has 1 atom stereocenters. The van der Waals surface area contributed by atoms with Crippen LogP contribution in [0.4, 0.5) is 4.79 Å². The SMILES string of the molecule is C[C@@H](NC(=O)NC1C2CC3CC(C2)CC1C3)c1ccccc1. The zero-order chi connectivity index (χ0) is 15.1. The second-order valence-electron chi connectivity index (χ2n) is 7.71. The van der Waals surface area contributed by atoms with Gasteiger partial charge < -0.3 is 10.6 Å². The average molecular weight is 298 g/mol. The van der Waals surface area contributed by atoms with Gasteiger partial charge in [0.2, 0.25) is 0 Å². The summed E-state index contributed by atoms with van der Waals surface area (Å²) in [6.07, 6.45) is 6.81. The maximum atomic E-state index is 12.4. The lowest BCUT2D eigenvalue weighted by Gasteiger charge is -2.54. The number of carbonyl (C=O) groups excluding carboxylic acids is 1. The number of hydrogen-bond donors (Lipinski definition) is 2. The molecule has 4 saturated carbocycles. The summed E-state index contributed by atoms with van der Waals surface area (Å²) >= 11 is 0. The van der Waals surface area contributed by atoms with Crippen LogP contribution in [0.2, 0.25) is 0 Å². The van der Waals surface area contributed by atoms with Crippen LogP contribution in [0.25, 0.3) is 0 Å². The molecular weight excluding hydrogens is 272 g/mol. The summed E-state index contributed by atoms with van der Waals surface area (Å²) in [6, 6.07) is 10.6. The molecule has 0 spiro atoms. The van der Waals surface area contributed by atoms with Crippen molar-refractivity contribution >= 4 is 6.03 Å². The van der Waals surface area contributed by atoms with Crippen LogP contribution in [-0.4, -0.2) is 12.1 Å². The van der Waals surface area contributed by atoms with Crippen molar-refractivity contribution in [3.63, 3.8) is 0 Å². The van der Waals surface area contributed by atoms with Gasteiger partial charge >= 0.3 is 6.03 Å². The highest BCUT2D eigenvalue weighted by Gasteiger charge is 2.48. The van der Waals surface area contributed by atoms with Gasteiger partial charge in [-0.05, 0) is 68.3 Å². The summed E-state index contributed by atoms with van der Waals surface area (Å²) in [4.78, 5) is 12.4. The first-order valence-electron chi connectivity index (χ1n) is 8.81. The van der Waals surface area contributed by atoms with Crippen LogP contribution in [0.1, 0.15) is 50.6 Å². The molecular formula is C19H26N2O. The van der Waals surface area contributed by atoms with Crippen molar-refractivity contribution in [3.05, 3.63) is 35.9 Å². The second kappa shape index (κ2) is 5.60. The van der Waals surface area contributed by atoms with Crippen molar-refractivity contribution in [2.45, 2.75) is 51.1 Å². The maximum Gasteiger partial charge on any atom is 0.315 e. The number of amides is 2. The zero-order valence-corrected chi connectivity index (χ0v) is 13.3. The van der Waals surface area contributed by atoms with E-state index in [-0.39, 0.29) is 12.1 Å². The van der Waals surface area contributed by atoms with Crippen LogP contribution in [0.15, 0.2) is 30.3 Å². The molecule has 0 aliphatic heterocycles. The molecule has 0 saturated heterocycles. The van der Waals surface area contributed by atoms with Crippen LogP contribution in [0.5, 0.6) is 0 Å². The summed E-state index contributed by atoms with van der Waals surface area (Å²) < 4.78 is 0. The third kappa shape index (κ3) is 2.62. The minimum absolute atomic E-state index is 0.00817. The number of hydrogen-bond acceptors (Lipinski definition) is 1. The molecule has 4 aliphatic carbocycles. The van der Waals surface area contributed by atoms with Crippen molar-refractivity contribution < 1.29 is 4.79 Å². The molecule has 4 aliphatic rings. The van der Waals surface area contributed by atoms with E-state index in [1.807, 2.05) is 25.1 Å². The number of rotatable bonds is 3. The Morgan fingerprint density at radius 3 is 2.18 bits per heavy atom. The van der Waals surface area contributed by atoms with E-state index in [4.69, 9.17) is 0 Å². The third-order valence-corrected chi connectivity index (χ3v) is 6.17. The average Bonchev–Trinajstić information content (AvgIpc) is 2.51. The van der Waals surface area contributed by atoms with Crippen molar-refractivity contribution in [1.82, 2.24) is 10.6 Å². The smallest absolute Gasteiger partial charge is 0.315 e. The Bertz CT molecular complexity index is 514. The lowest BCUT2D eigenvalue weighted by Crippen LogP contribution is -2.57. The Kier molecular flexibility index (Phi) is 3.59. The largest absolute Gasteiger partial charge is 0.335 e. The molecule has 4 bridgehead atoms. The van der Waals surface area contributed by atoms with Gasteiger partial charge in [0.1, 0.15) is 0 Å².